The van der Waals surface area contributed by atoms with Gasteiger partial charge in [-0.1, -0.05) is 6.92 Å². The van der Waals surface area contributed by atoms with Crippen molar-refractivity contribution in [2.75, 3.05) is 72.0 Å². The average molecular weight is 394 g/mol. The maximum absolute atomic E-state index is 11.9. The largest absolute Gasteiger partial charge is 0.357 e. The molecule has 3 N–H and O–H groups in total. The van der Waals surface area contributed by atoms with Crippen LogP contribution in [0.1, 0.15) is 33.1 Å². The van der Waals surface area contributed by atoms with E-state index in [1.54, 1.807) is 0 Å². The SMILES string of the molecule is CCCNC(=O)CN1CCC(NC(=NCC2CN3CCN2CC3)NCC)CC1. The second-order valence-electron chi connectivity index (χ2n) is 8.25. The van der Waals surface area contributed by atoms with Crippen LogP contribution < -0.4 is 16.0 Å². The van der Waals surface area contributed by atoms with Gasteiger partial charge in [-0.25, -0.2) is 0 Å². The lowest BCUT2D eigenvalue weighted by molar-refractivity contribution is -0.122. The Kier molecular flexibility index (Phi) is 8.36. The molecule has 8 heteroatoms. The third kappa shape index (κ3) is 6.32. The lowest BCUT2D eigenvalue weighted by Crippen LogP contribution is -2.62. The van der Waals surface area contributed by atoms with Gasteiger partial charge in [-0.2, -0.15) is 0 Å². The molecule has 160 valence electrons. The predicted octanol–water partition coefficient (Wildman–Crippen LogP) is -0.468. The van der Waals surface area contributed by atoms with Gasteiger partial charge in [-0.3, -0.25) is 24.5 Å². The number of piperidine rings is 1. The number of likely N-dealkylation sites (tertiary alicyclic amines) is 1. The van der Waals surface area contributed by atoms with Gasteiger partial charge >= 0.3 is 0 Å². The van der Waals surface area contributed by atoms with Crippen LogP contribution >= 0.6 is 0 Å². The van der Waals surface area contributed by atoms with Gasteiger partial charge in [0.1, 0.15) is 0 Å². The minimum atomic E-state index is 0.149. The molecule has 0 radical (unpaired) electrons. The lowest BCUT2D eigenvalue weighted by atomic mass is 10.1. The molecule has 1 unspecified atom stereocenters. The standard InChI is InChI=1S/C20H39N7O/c1-3-7-22-19(28)16-25-8-5-17(6-9-25)24-20(21-4-2)23-14-18-15-26-10-12-27(18)13-11-26/h17-18H,3-16H2,1-2H3,(H,22,28)(H2,21,23,24). The number of amides is 1. The molecule has 0 aromatic rings. The molecule has 0 aromatic carbocycles. The Labute approximate surface area is 170 Å². The third-order valence-electron chi connectivity index (χ3n) is 6.06. The number of aliphatic imine (C=N–C) groups is 1. The Balaban J connectivity index is 1.41. The molecule has 4 fully saturated rings. The number of carbonyl (C=O) groups is 1. The van der Waals surface area contributed by atoms with E-state index in [-0.39, 0.29) is 5.91 Å². The van der Waals surface area contributed by atoms with E-state index in [2.05, 4.69) is 44.5 Å². The Hall–Kier alpha value is -1.38. The zero-order chi connectivity index (χ0) is 19.8. The second-order valence-corrected chi connectivity index (χ2v) is 8.25. The van der Waals surface area contributed by atoms with Crippen molar-refractivity contribution in [1.82, 2.24) is 30.7 Å². The highest BCUT2D eigenvalue weighted by molar-refractivity contribution is 5.80. The Morgan fingerprint density at radius 2 is 1.79 bits per heavy atom. The predicted molar refractivity (Wildman–Crippen MR) is 114 cm³/mol. The third-order valence-corrected chi connectivity index (χ3v) is 6.06. The molecular formula is C20H39N7O. The number of carbonyl (C=O) groups excluding carboxylic acids is 1. The van der Waals surface area contributed by atoms with Gasteiger partial charge < -0.3 is 16.0 Å². The van der Waals surface area contributed by atoms with Crippen LogP contribution in [0.15, 0.2) is 4.99 Å². The quantitative estimate of drug-likeness (QED) is 0.383. The van der Waals surface area contributed by atoms with Crippen molar-refractivity contribution >= 4 is 11.9 Å². The first-order valence-electron chi connectivity index (χ1n) is 11.2. The van der Waals surface area contributed by atoms with Gasteiger partial charge in [0.2, 0.25) is 5.91 Å². The summed E-state index contributed by atoms with van der Waals surface area (Å²) in [6.07, 6.45) is 3.09. The zero-order valence-electron chi connectivity index (χ0n) is 17.8. The summed E-state index contributed by atoms with van der Waals surface area (Å²) in [4.78, 5) is 24.2. The number of guanidine groups is 1. The van der Waals surface area contributed by atoms with Gasteiger partial charge in [0, 0.05) is 71.0 Å². The summed E-state index contributed by atoms with van der Waals surface area (Å²) in [7, 11) is 0. The van der Waals surface area contributed by atoms with Crippen molar-refractivity contribution in [2.45, 2.75) is 45.2 Å². The first kappa shape index (κ1) is 21.3. The molecule has 8 nitrogen and oxygen atoms in total. The number of fused-ring (bicyclic) bond motifs is 3. The van der Waals surface area contributed by atoms with Crippen LogP contribution in [-0.2, 0) is 4.79 Å². The van der Waals surface area contributed by atoms with Gasteiger partial charge in [0.05, 0.1) is 13.1 Å². The molecule has 28 heavy (non-hydrogen) atoms. The van der Waals surface area contributed by atoms with Crippen LogP contribution in [-0.4, -0.2) is 111 Å². The molecule has 0 spiro atoms. The van der Waals surface area contributed by atoms with Gasteiger partial charge in [0.15, 0.2) is 5.96 Å². The summed E-state index contributed by atoms with van der Waals surface area (Å²) in [5.41, 5.74) is 0. The molecule has 4 heterocycles. The van der Waals surface area contributed by atoms with Crippen molar-refractivity contribution in [3.8, 4) is 0 Å². The number of hydrogen-bond acceptors (Lipinski definition) is 5. The number of nitrogens with one attached hydrogen (secondary N) is 3. The van der Waals surface area contributed by atoms with E-state index in [0.29, 0.717) is 18.6 Å². The maximum atomic E-state index is 11.9. The fourth-order valence-corrected chi connectivity index (χ4v) is 4.37. The molecule has 0 aromatic heterocycles. The van der Waals surface area contributed by atoms with Crippen LogP contribution in [0.2, 0.25) is 0 Å². The molecule has 0 aliphatic carbocycles. The summed E-state index contributed by atoms with van der Waals surface area (Å²) in [5.74, 6) is 1.09. The van der Waals surface area contributed by atoms with E-state index >= 15 is 0 Å². The van der Waals surface area contributed by atoms with E-state index in [1.165, 1.54) is 26.2 Å². The smallest absolute Gasteiger partial charge is 0.234 e. The number of rotatable bonds is 8. The minimum Gasteiger partial charge on any atom is -0.357 e. The van der Waals surface area contributed by atoms with E-state index in [1.807, 2.05) is 0 Å². The van der Waals surface area contributed by atoms with Crippen LogP contribution in [0.3, 0.4) is 0 Å². The zero-order valence-corrected chi connectivity index (χ0v) is 17.8. The van der Waals surface area contributed by atoms with E-state index in [0.717, 1.165) is 64.5 Å². The van der Waals surface area contributed by atoms with Gasteiger partial charge in [0.25, 0.3) is 0 Å². The van der Waals surface area contributed by atoms with Crippen molar-refractivity contribution in [3.05, 3.63) is 0 Å². The van der Waals surface area contributed by atoms with Crippen molar-refractivity contribution in [2.24, 2.45) is 4.99 Å². The Morgan fingerprint density at radius 1 is 1.04 bits per heavy atom. The van der Waals surface area contributed by atoms with Gasteiger partial charge in [-0.05, 0) is 26.2 Å². The Bertz CT molecular complexity index is 511. The molecule has 4 saturated heterocycles. The molecule has 1 atom stereocenters. The first-order chi connectivity index (χ1) is 13.7. The molecule has 4 aliphatic heterocycles. The molecular weight excluding hydrogens is 354 g/mol. The summed E-state index contributed by atoms with van der Waals surface area (Å²) < 4.78 is 0. The average Bonchev–Trinajstić information content (AvgIpc) is 2.73. The molecule has 4 rings (SSSR count). The maximum Gasteiger partial charge on any atom is 0.234 e. The van der Waals surface area contributed by atoms with Crippen molar-refractivity contribution < 1.29 is 4.79 Å². The fraction of sp³-hybridized carbons (Fsp3) is 0.900. The fourth-order valence-electron chi connectivity index (χ4n) is 4.37. The summed E-state index contributed by atoms with van der Waals surface area (Å²) in [6, 6.07) is 0.987. The summed E-state index contributed by atoms with van der Waals surface area (Å²) in [6.45, 7) is 15.1. The van der Waals surface area contributed by atoms with Crippen LogP contribution in [0.25, 0.3) is 0 Å². The first-order valence-corrected chi connectivity index (χ1v) is 11.2. The summed E-state index contributed by atoms with van der Waals surface area (Å²) >= 11 is 0. The molecule has 2 bridgehead atoms. The topological polar surface area (TPSA) is 75.2 Å². The number of piperazine rings is 3. The van der Waals surface area contributed by atoms with Crippen molar-refractivity contribution in [1.29, 1.82) is 0 Å². The number of nitrogens with zero attached hydrogens (tertiary/aromatic N) is 4. The lowest BCUT2D eigenvalue weighted by Gasteiger charge is -2.47. The highest BCUT2D eigenvalue weighted by Crippen LogP contribution is 2.16. The van der Waals surface area contributed by atoms with E-state index < -0.39 is 0 Å². The van der Waals surface area contributed by atoms with Crippen LogP contribution in [0.5, 0.6) is 0 Å². The Morgan fingerprint density at radius 3 is 2.39 bits per heavy atom. The molecule has 1 amide bonds. The monoisotopic (exact) mass is 393 g/mol. The highest BCUT2D eigenvalue weighted by Gasteiger charge is 2.31. The van der Waals surface area contributed by atoms with Crippen LogP contribution in [0, 0.1) is 0 Å². The summed E-state index contributed by atoms with van der Waals surface area (Å²) in [5, 5.41) is 10.0. The van der Waals surface area contributed by atoms with E-state index in [9.17, 15) is 4.79 Å². The van der Waals surface area contributed by atoms with Gasteiger partial charge in [-0.15, -0.1) is 0 Å². The molecule has 4 aliphatic rings. The van der Waals surface area contributed by atoms with E-state index in [4.69, 9.17) is 4.99 Å². The number of hydrogen-bond donors (Lipinski definition) is 3. The highest BCUT2D eigenvalue weighted by atomic mass is 16.2. The molecule has 0 saturated carbocycles. The van der Waals surface area contributed by atoms with Crippen LogP contribution in [0.4, 0.5) is 0 Å². The van der Waals surface area contributed by atoms with Crippen molar-refractivity contribution in [3.63, 3.8) is 0 Å². The normalized spacial score (nSPS) is 28.9. The second kappa shape index (κ2) is 11.0. The minimum absolute atomic E-state index is 0.149.